The lowest BCUT2D eigenvalue weighted by atomic mass is 10.2. The molecule has 0 N–H and O–H groups in total. The Labute approximate surface area is 132 Å². The highest BCUT2D eigenvalue weighted by atomic mass is 79.9. The number of carbonyl (C=O) groups excluding carboxylic acids is 2. The number of rotatable bonds is 3. The van der Waals surface area contributed by atoms with E-state index in [1.54, 1.807) is 13.2 Å². The van der Waals surface area contributed by atoms with Crippen LogP contribution < -0.4 is 4.74 Å². The van der Waals surface area contributed by atoms with Crippen LogP contribution in [0.15, 0.2) is 40.9 Å². The Morgan fingerprint density at radius 3 is 2.71 bits per heavy atom. The van der Waals surface area contributed by atoms with Crippen molar-refractivity contribution in [1.29, 1.82) is 0 Å². The molecule has 5 heteroatoms. The minimum Gasteiger partial charge on any atom is -0.497 e. The van der Waals surface area contributed by atoms with Crippen LogP contribution >= 0.6 is 15.9 Å². The van der Waals surface area contributed by atoms with Crippen LogP contribution in [0.1, 0.15) is 18.4 Å². The van der Waals surface area contributed by atoms with Crippen molar-refractivity contribution in [3.05, 3.63) is 46.5 Å². The molecular weight excluding hydrogens is 334 g/mol. The predicted octanol–water partition coefficient (Wildman–Crippen LogP) is 3.14. The molecular formula is C16H16BrNO3. The second-order valence-electron chi connectivity index (χ2n) is 4.60. The molecule has 110 valence electrons. The summed E-state index contributed by atoms with van der Waals surface area (Å²) in [5.74, 6) is 0.176. The summed E-state index contributed by atoms with van der Waals surface area (Å²) in [6.45, 7) is 0.441. The molecule has 2 amide bonds. The molecule has 0 spiro atoms. The van der Waals surface area contributed by atoms with Crippen molar-refractivity contribution >= 4 is 33.8 Å². The van der Waals surface area contributed by atoms with Gasteiger partial charge < -0.3 is 4.74 Å². The Balaban J connectivity index is 2.07. The lowest BCUT2D eigenvalue weighted by molar-refractivity contribution is -0.138. The normalized spacial score (nSPS) is 15.8. The number of hydrogen-bond donors (Lipinski definition) is 0. The molecule has 2 rings (SSSR count). The predicted molar refractivity (Wildman–Crippen MR) is 85.0 cm³/mol. The fourth-order valence-electron chi connectivity index (χ4n) is 1.98. The zero-order valence-electron chi connectivity index (χ0n) is 11.7. The van der Waals surface area contributed by atoms with Crippen molar-refractivity contribution in [2.75, 3.05) is 13.7 Å². The molecule has 1 aromatic carbocycles. The van der Waals surface area contributed by atoms with Crippen molar-refractivity contribution in [3.8, 4) is 5.75 Å². The number of amides is 2. The van der Waals surface area contributed by atoms with Crippen molar-refractivity contribution in [3.63, 3.8) is 0 Å². The zero-order valence-corrected chi connectivity index (χ0v) is 13.3. The number of benzene rings is 1. The number of methoxy groups -OCH3 is 1. The van der Waals surface area contributed by atoms with Crippen molar-refractivity contribution in [1.82, 2.24) is 4.90 Å². The molecule has 0 fully saturated rings. The molecule has 0 unspecified atom stereocenters. The first-order chi connectivity index (χ1) is 10.1. The highest BCUT2D eigenvalue weighted by Crippen LogP contribution is 2.17. The van der Waals surface area contributed by atoms with E-state index < -0.39 is 0 Å². The molecule has 0 saturated carbocycles. The van der Waals surface area contributed by atoms with Crippen molar-refractivity contribution in [2.45, 2.75) is 12.8 Å². The van der Waals surface area contributed by atoms with E-state index in [0.29, 0.717) is 11.0 Å². The van der Waals surface area contributed by atoms with Crippen LogP contribution in [0.2, 0.25) is 0 Å². The molecule has 0 atom stereocenters. The lowest BCUT2D eigenvalue weighted by Crippen LogP contribution is -2.35. The van der Waals surface area contributed by atoms with E-state index in [1.165, 1.54) is 11.0 Å². The van der Waals surface area contributed by atoms with Gasteiger partial charge in [0.2, 0.25) is 0 Å². The molecule has 1 heterocycles. The second kappa shape index (κ2) is 7.22. The maximum absolute atomic E-state index is 12.1. The van der Waals surface area contributed by atoms with E-state index in [1.807, 2.05) is 30.3 Å². The van der Waals surface area contributed by atoms with Crippen LogP contribution in [0.25, 0.3) is 6.08 Å². The molecule has 0 aliphatic carbocycles. The molecule has 0 aromatic heterocycles. The van der Waals surface area contributed by atoms with Crippen LogP contribution in [-0.4, -0.2) is 30.4 Å². The van der Waals surface area contributed by atoms with Crippen molar-refractivity contribution < 1.29 is 14.3 Å². The average Bonchev–Trinajstić information content (AvgIpc) is 2.68. The monoisotopic (exact) mass is 349 g/mol. The van der Waals surface area contributed by atoms with Gasteiger partial charge in [-0.05, 0) is 52.5 Å². The van der Waals surface area contributed by atoms with Gasteiger partial charge in [-0.2, -0.15) is 0 Å². The molecule has 1 aliphatic rings. The van der Waals surface area contributed by atoms with E-state index in [2.05, 4.69) is 15.9 Å². The Kier molecular flexibility index (Phi) is 5.33. The molecule has 0 saturated heterocycles. The number of allylic oxidation sites excluding steroid dienone is 1. The second-order valence-corrected chi connectivity index (χ2v) is 5.45. The number of hydrogen-bond acceptors (Lipinski definition) is 3. The van der Waals surface area contributed by atoms with Gasteiger partial charge in [0.1, 0.15) is 5.75 Å². The summed E-state index contributed by atoms with van der Waals surface area (Å²) in [6, 6.07) is 7.34. The van der Waals surface area contributed by atoms with Crippen molar-refractivity contribution in [2.24, 2.45) is 0 Å². The molecule has 4 nitrogen and oxygen atoms in total. The smallest absolute Gasteiger partial charge is 0.267 e. The topological polar surface area (TPSA) is 46.6 Å². The van der Waals surface area contributed by atoms with Gasteiger partial charge in [0, 0.05) is 12.6 Å². The standard InChI is InChI=1S/C16H16BrNO3/c1-21-13-8-5-12(6-9-13)7-10-15(19)18-11-3-2-4-14(17)16(18)20/h4-10H,2-3,11H2,1H3/b10-7+. The molecule has 21 heavy (non-hydrogen) atoms. The largest absolute Gasteiger partial charge is 0.497 e. The molecule has 0 bridgehead atoms. The number of imide groups is 1. The lowest BCUT2D eigenvalue weighted by Gasteiger charge is -2.16. The fraction of sp³-hybridized carbons (Fsp3) is 0.250. The Hall–Kier alpha value is -1.88. The summed E-state index contributed by atoms with van der Waals surface area (Å²) in [5.41, 5.74) is 0.876. The number of halogens is 1. The van der Waals surface area contributed by atoms with Gasteiger partial charge in [-0.3, -0.25) is 14.5 Å². The van der Waals surface area contributed by atoms with Crippen LogP contribution in [0, 0.1) is 0 Å². The average molecular weight is 350 g/mol. The van der Waals surface area contributed by atoms with Crippen LogP contribution in [0.3, 0.4) is 0 Å². The van der Waals surface area contributed by atoms with E-state index in [4.69, 9.17) is 4.74 Å². The first-order valence-corrected chi connectivity index (χ1v) is 7.45. The van der Waals surface area contributed by atoms with E-state index in [9.17, 15) is 9.59 Å². The third kappa shape index (κ3) is 4.04. The Bertz CT molecular complexity index is 590. The van der Waals surface area contributed by atoms with Gasteiger partial charge in [-0.15, -0.1) is 0 Å². The highest BCUT2D eigenvalue weighted by molar-refractivity contribution is 9.12. The number of ether oxygens (including phenoxy) is 1. The maximum atomic E-state index is 12.1. The summed E-state index contributed by atoms with van der Waals surface area (Å²) in [5, 5.41) is 0. The Morgan fingerprint density at radius 2 is 2.05 bits per heavy atom. The number of carbonyl (C=O) groups is 2. The zero-order chi connectivity index (χ0) is 15.2. The van der Waals surface area contributed by atoms with E-state index in [0.717, 1.165) is 24.2 Å². The van der Waals surface area contributed by atoms with Gasteiger partial charge in [-0.1, -0.05) is 18.2 Å². The summed E-state index contributed by atoms with van der Waals surface area (Å²) in [6.07, 6.45) is 6.49. The van der Waals surface area contributed by atoms with Crippen LogP contribution in [0.5, 0.6) is 5.75 Å². The van der Waals surface area contributed by atoms with Gasteiger partial charge in [-0.25, -0.2) is 0 Å². The van der Waals surface area contributed by atoms with Gasteiger partial charge in [0.25, 0.3) is 11.8 Å². The quantitative estimate of drug-likeness (QED) is 0.787. The highest BCUT2D eigenvalue weighted by Gasteiger charge is 2.23. The minimum atomic E-state index is -0.303. The third-order valence-corrected chi connectivity index (χ3v) is 3.82. The van der Waals surface area contributed by atoms with Gasteiger partial charge in [0.15, 0.2) is 0 Å². The van der Waals surface area contributed by atoms with Gasteiger partial charge >= 0.3 is 0 Å². The molecule has 0 radical (unpaired) electrons. The van der Waals surface area contributed by atoms with E-state index >= 15 is 0 Å². The first kappa shape index (κ1) is 15.5. The van der Waals surface area contributed by atoms with Crippen LogP contribution in [0.4, 0.5) is 0 Å². The summed E-state index contributed by atoms with van der Waals surface area (Å²) in [4.78, 5) is 25.4. The summed E-state index contributed by atoms with van der Waals surface area (Å²) in [7, 11) is 1.60. The first-order valence-electron chi connectivity index (χ1n) is 6.65. The third-order valence-electron chi connectivity index (χ3n) is 3.16. The van der Waals surface area contributed by atoms with Gasteiger partial charge in [0.05, 0.1) is 11.6 Å². The minimum absolute atomic E-state index is 0.281. The molecule has 1 aliphatic heterocycles. The maximum Gasteiger partial charge on any atom is 0.267 e. The Morgan fingerprint density at radius 1 is 1.33 bits per heavy atom. The van der Waals surface area contributed by atoms with Crippen LogP contribution in [-0.2, 0) is 9.59 Å². The fourth-order valence-corrected chi connectivity index (χ4v) is 2.42. The van der Waals surface area contributed by atoms with E-state index in [-0.39, 0.29) is 11.8 Å². The molecule has 1 aromatic rings. The SMILES string of the molecule is COc1ccc(/C=C/C(=O)N2CCCC=C(Br)C2=O)cc1. The summed E-state index contributed by atoms with van der Waals surface area (Å²) >= 11 is 3.20. The summed E-state index contributed by atoms with van der Waals surface area (Å²) < 4.78 is 5.52. The number of nitrogens with zero attached hydrogens (tertiary/aromatic N) is 1.